The summed E-state index contributed by atoms with van der Waals surface area (Å²) in [6, 6.07) is 5.96. The largest absolute Gasteiger partial charge is 0.494 e. The Bertz CT molecular complexity index is 556. The third-order valence-corrected chi connectivity index (χ3v) is 4.19. The minimum Gasteiger partial charge on any atom is -0.494 e. The van der Waals surface area contributed by atoms with Crippen molar-refractivity contribution < 1.29 is 4.74 Å². The molecule has 0 bridgehead atoms. The predicted molar refractivity (Wildman–Crippen MR) is 81.2 cm³/mol. The van der Waals surface area contributed by atoms with Crippen molar-refractivity contribution in [3.8, 4) is 17.0 Å². The molecule has 0 aliphatic carbocycles. The highest BCUT2D eigenvalue weighted by Crippen LogP contribution is 2.33. The number of rotatable bonds is 5. The molecular weight excluding hydrogens is 280 g/mol. The van der Waals surface area contributed by atoms with E-state index in [-0.39, 0.29) is 6.04 Å². The number of halogens is 1. The fourth-order valence-corrected chi connectivity index (χ4v) is 2.85. The molecule has 0 spiro atoms. The van der Waals surface area contributed by atoms with E-state index in [1.807, 2.05) is 37.6 Å². The molecule has 0 radical (unpaired) electrons. The summed E-state index contributed by atoms with van der Waals surface area (Å²) in [5.41, 5.74) is 1.85. The van der Waals surface area contributed by atoms with Gasteiger partial charge in [0.2, 0.25) is 0 Å². The first kappa shape index (κ1) is 14.3. The maximum Gasteiger partial charge on any atom is 0.120 e. The molecule has 1 atom stereocenters. The Morgan fingerprint density at radius 1 is 1.47 bits per heavy atom. The average molecular weight is 297 g/mol. The number of hydrogen-bond donors (Lipinski definition) is 1. The van der Waals surface area contributed by atoms with Crippen LogP contribution in [0.5, 0.6) is 5.75 Å². The lowest BCUT2D eigenvalue weighted by atomic mass is 10.1. The number of hydrogen-bond acceptors (Lipinski definition) is 4. The van der Waals surface area contributed by atoms with Crippen molar-refractivity contribution in [2.45, 2.75) is 19.9 Å². The molecular formula is C14H17ClN2OS. The molecule has 1 N–H and O–H groups in total. The third kappa shape index (κ3) is 3.26. The number of thiazole rings is 1. The van der Waals surface area contributed by atoms with Gasteiger partial charge in [-0.2, -0.15) is 0 Å². The van der Waals surface area contributed by atoms with Crippen LogP contribution >= 0.6 is 22.9 Å². The van der Waals surface area contributed by atoms with Crippen LogP contribution < -0.4 is 10.1 Å². The molecule has 3 nitrogen and oxygen atoms in total. The molecule has 0 aliphatic heterocycles. The van der Waals surface area contributed by atoms with E-state index in [1.165, 1.54) is 0 Å². The molecule has 0 fully saturated rings. The molecule has 1 heterocycles. The molecule has 0 aliphatic rings. The lowest BCUT2D eigenvalue weighted by Gasteiger charge is -2.07. The Morgan fingerprint density at radius 3 is 2.89 bits per heavy atom. The van der Waals surface area contributed by atoms with Crippen LogP contribution in [-0.4, -0.2) is 18.6 Å². The summed E-state index contributed by atoms with van der Waals surface area (Å²) in [6.07, 6.45) is 0. The number of benzene rings is 1. The number of nitrogens with one attached hydrogen (secondary N) is 1. The molecule has 1 aromatic carbocycles. The van der Waals surface area contributed by atoms with Gasteiger partial charge in [0.05, 0.1) is 23.4 Å². The zero-order valence-corrected chi connectivity index (χ0v) is 12.8. The normalized spacial score (nSPS) is 12.4. The van der Waals surface area contributed by atoms with Gasteiger partial charge >= 0.3 is 0 Å². The molecule has 1 aromatic heterocycles. The first-order valence-electron chi connectivity index (χ1n) is 6.21. The maximum atomic E-state index is 6.29. The molecule has 0 amide bonds. The van der Waals surface area contributed by atoms with Crippen LogP contribution in [0.3, 0.4) is 0 Å². The Balaban J connectivity index is 2.29. The van der Waals surface area contributed by atoms with Crippen molar-refractivity contribution in [3.63, 3.8) is 0 Å². The second kappa shape index (κ2) is 6.37. The molecule has 19 heavy (non-hydrogen) atoms. The SMILES string of the molecule is CCOc1ccc(-c2csc(C(C)NC)n2)c(Cl)c1. The van der Waals surface area contributed by atoms with Crippen LogP contribution in [-0.2, 0) is 0 Å². The predicted octanol–water partition coefficient (Wildman–Crippen LogP) is 4.14. The summed E-state index contributed by atoms with van der Waals surface area (Å²) in [4.78, 5) is 4.62. The summed E-state index contributed by atoms with van der Waals surface area (Å²) in [6.45, 7) is 4.67. The zero-order valence-electron chi connectivity index (χ0n) is 11.2. The van der Waals surface area contributed by atoms with Crippen molar-refractivity contribution in [1.82, 2.24) is 10.3 Å². The molecule has 2 rings (SSSR count). The standard InChI is InChI=1S/C14H17ClN2OS/c1-4-18-10-5-6-11(12(15)7-10)13-8-19-14(17-13)9(2)16-3/h5-9,16H,4H2,1-3H3. The Hall–Kier alpha value is -1.10. The smallest absolute Gasteiger partial charge is 0.120 e. The molecule has 0 saturated carbocycles. The van der Waals surface area contributed by atoms with Gasteiger partial charge in [0.25, 0.3) is 0 Å². The Kier molecular flexibility index (Phi) is 4.80. The van der Waals surface area contributed by atoms with Crippen molar-refractivity contribution >= 4 is 22.9 Å². The van der Waals surface area contributed by atoms with E-state index in [1.54, 1.807) is 11.3 Å². The van der Waals surface area contributed by atoms with Crippen molar-refractivity contribution in [2.24, 2.45) is 0 Å². The topological polar surface area (TPSA) is 34.1 Å². The van der Waals surface area contributed by atoms with E-state index in [0.29, 0.717) is 11.6 Å². The summed E-state index contributed by atoms with van der Waals surface area (Å²) in [7, 11) is 1.93. The summed E-state index contributed by atoms with van der Waals surface area (Å²) >= 11 is 7.93. The third-order valence-electron chi connectivity index (χ3n) is 2.85. The molecule has 102 valence electrons. The summed E-state index contributed by atoms with van der Waals surface area (Å²) < 4.78 is 5.43. The fraction of sp³-hybridized carbons (Fsp3) is 0.357. The van der Waals surface area contributed by atoms with E-state index in [2.05, 4.69) is 17.2 Å². The van der Waals surface area contributed by atoms with Gasteiger partial charge in [-0.25, -0.2) is 4.98 Å². The van der Waals surface area contributed by atoms with E-state index < -0.39 is 0 Å². The second-order valence-corrected chi connectivity index (χ2v) is 5.45. The van der Waals surface area contributed by atoms with Crippen LogP contribution in [0.1, 0.15) is 24.9 Å². The summed E-state index contributed by atoms with van der Waals surface area (Å²) in [5.74, 6) is 0.787. The Labute approximate surface area is 122 Å². The highest BCUT2D eigenvalue weighted by molar-refractivity contribution is 7.10. The number of aromatic nitrogens is 1. The molecule has 2 aromatic rings. The number of ether oxygens (including phenoxy) is 1. The lowest BCUT2D eigenvalue weighted by molar-refractivity contribution is 0.340. The van der Waals surface area contributed by atoms with Gasteiger partial charge in [-0.05, 0) is 39.1 Å². The van der Waals surface area contributed by atoms with Gasteiger partial charge in [-0.1, -0.05) is 11.6 Å². The lowest BCUT2D eigenvalue weighted by Crippen LogP contribution is -2.11. The van der Waals surface area contributed by atoms with E-state index in [4.69, 9.17) is 16.3 Å². The minimum atomic E-state index is 0.250. The first-order chi connectivity index (χ1) is 9.15. The average Bonchev–Trinajstić information content (AvgIpc) is 2.88. The van der Waals surface area contributed by atoms with Gasteiger partial charge in [-0.3, -0.25) is 0 Å². The van der Waals surface area contributed by atoms with Crippen LogP contribution in [0.4, 0.5) is 0 Å². The van der Waals surface area contributed by atoms with Crippen LogP contribution in [0.2, 0.25) is 5.02 Å². The quantitative estimate of drug-likeness (QED) is 0.900. The van der Waals surface area contributed by atoms with Crippen molar-refractivity contribution in [2.75, 3.05) is 13.7 Å². The van der Waals surface area contributed by atoms with Crippen LogP contribution in [0, 0.1) is 0 Å². The van der Waals surface area contributed by atoms with Gasteiger partial charge in [0.15, 0.2) is 0 Å². The molecule has 1 unspecified atom stereocenters. The van der Waals surface area contributed by atoms with Gasteiger partial charge in [0, 0.05) is 10.9 Å². The van der Waals surface area contributed by atoms with Crippen LogP contribution in [0.25, 0.3) is 11.3 Å². The van der Waals surface area contributed by atoms with Gasteiger partial charge in [-0.15, -0.1) is 11.3 Å². The van der Waals surface area contributed by atoms with Gasteiger partial charge < -0.3 is 10.1 Å². The van der Waals surface area contributed by atoms with Crippen molar-refractivity contribution in [3.05, 3.63) is 33.6 Å². The monoisotopic (exact) mass is 296 g/mol. The first-order valence-corrected chi connectivity index (χ1v) is 7.46. The van der Waals surface area contributed by atoms with Crippen molar-refractivity contribution in [1.29, 1.82) is 0 Å². The van der Waals surface area contributed by atoms with E-state index in [9.17, 15) is 0 Å². The maximum absolute atomic E-state index is 6.29. The van der Waals surface area contributed by atoms with Crippen LogP contribution in [0.15, 0.2) is 23.6 Å². The Morgan fingerprint density at radius 2 is 2.26 bits per heavy atom. The molecule has 5 heteroatoms. The van der Waals surface area contributed by atoms with E-state index >= 15 is 0 Å². The van der Waals surface area contributed by atoms with E-state index in [0.717, 1.165) is 22.0 Å². The van der Waals surface area contributed by atoms with Gasteiger partial charge in [0.1, 0.15) is 10.8 Å². The molecule has 0 saturated heterocycles. The fourth-order valence-electron chi connectivity index (χ4n) is 1.69. The highest BCUT2D eigenvalue weighted by atomic mass is 35.5. The number of nitrogens with zero attached hydrogens (tertiary/aromatic N) is 1. The second-order valence-electron chi connectivity index (χ2n) is 4.16. The minimum absolute atomic E-state index is 0.250. The zero-order chi connectivity index (χ0) is 13.8. The highest BCUT2D eigenvalue weighted by Gasteiger charge is 2.12. The summed E-state index contributed by atoms with van der Waals surface area (Å²) in [5, 5.41) is 6.94.